The smallest absolute Gasteiger partial charge is 0.271 e. The minimum absolute atomic E-state index is 0.164. The first-order valence-electron chi connectivity index (χ1n) is 4.71. The Hall–Kier alpha value is -2.08. The van der Waals surface area contributed by atoms with E-state index in [4.69, 9.17) is 16.2 Å². The highest BCUT2D eigenvalue weighted by Crippen LogP contribution is 2.33. The van der Waals surface area contributed by atoms with Gasteiger partial charge in [-0.05, 0) is 18.2 Å². The molecular formula is C10H11N3O3. The average Bonchev–Trinajstić information content (AvgIpc) is 2.28. The van der Waals surface area contributed by atoms with Crippen molar-refractivity contribution in [1.29, 1.82) is 0 Å². The molecule has 4 N–H and O–H groups in total. The van der Waals surface area contributed by atoms with Gasteiger partial charge < -0.3 is 16.2 Å². The van der Waals surface area contributed by atoms with Crippen molar-refractivity contribution in [2.24, 2.45) is 5.73 Å². The maximum Gasteiger partial charge on any atom is 0.271 e. The van der Waals surface area contributed by atoms with Crippen molar-refractivity contribution >= 4 is 23.2 Å². The van der Waals surface area contributed by atoms with Crippen LogP contribution in [0.3, 0.4) is 0 Å². The number of rotatable bonds is 1. The highest BCUT2D eigenvalue weighted by atomic mass is 16.5. The summed E-state index contributed by atoms with van der Waals surface area (Å²) in [4.78, 5) is 24.1. The highest BCUT2D eigenvalue weighted by Gasteiger charge is 2.29. The lowest BCUT2D eigenvalue weighted by Crippen LogP contribution is -2.45. The maximum absolute atomic E-state index is 11.6. The molecule has 0 saturated carbocycles. The molecule has 1 aromatic rings. The lowest BCUT2D eigenvalue weighted by molar-refractivity contribution is -0.127. The Kier molecular flexibility index (Phi) is 2.49. The Morgan fingerprint density at radius 2 is 2.25 bits per heavy atom. The molecule has 84 valence electrons. The number of fused-ring (bicyclic) bond motifs is 1. The number of benzene rings is 1. The molecule has 0 bridgehead atoms. The summed E-state index contributed by atoms with van der Waals surface area (Å²) < 4.78 is 5.18. The third-order valence-electron chi connectivity index (χ3n) is 2.25. The summed E-state index contributed by atoms with van der Waals surface area (Å²) in [7, 11) is 0. The van der Waals surface area contributed by atoms with Crippen LogP contribution < -0.4 is 21.1 Å². The third-order valence-corrected chi connectivity index (χ3v) is 2.25. The topological polar surface area (TPSA) is 98.7 Å². The number of hydrogen-bond donors (Lipinski definition) is 2. The second-order valence-corrected chi connectivity index (χ2v) is 3.34. The van der Waals surface area contributed by atoms with Gasteiger partial charge in [-0.15, -0.1) is 0 Å². The van der Waals surface area contributed by atoms with E-state index in [0.717, 1.165) is 4.90 Å². The number of imide groups is 1. The first kappa shape index (κ1) is 10.4. The van der Waals surface area contributed by atoms with E-state index in [-0.39, 0.29) is 13.2 Å². The monoisotopic (exact) mass is 221 g/mol. The number of ether oxygens (including phenoxy) is 1. The minimum atomic E-state index is -0.472. The summed E-state index contributed by atoms with van der Waals surface area (Å²) in [5.74, 6) is -0.454. The largest absolute Gasteiger partial charge is 0.482 e. The van der Waals surface area contributed by atoms with Crippen LogP contribution in [-0.4, -0.2) is 25.0 Å². The molecule has 0 aromatic heterocycles. The molecular weight excluding hydrogens is 210 g/mol. The highest BCUT2D eigenvalue weighted by molar-refractivity contribution is 6.17. The molecule has 0 fully saturated rings. The summed E-state index contributed by atoms with van der Waals surface area (Å²) in [5.41, 5.74) is 11.6. The van der Waals surface area contributed by atoms with Gasteiger partial charge in [-0.2, -0.15) is 0 Å². The van der Waals surface area contributed by atoms with E-state index in [2.05, 4.69) is 0 Å². The van der Waals surface area contributed by atoms with Crippen LogP contribution in [0.2, 0.25) is 0 Å². The Bertz CT molecular complexity index is 459. The molecule has 0 atom stereocenters. The molecule has 6 heteroatoms. The standard InChI is InChI=1S/C10H11N3O3/c11-4-9(14)13-7-3-6(12)1-2-8(7)16-5-10(13)15/h1-3H,4-5,11-12H2. The first-order valence-corrected chi connectivity index (χ1v) is 4.71. The van der Waals surface area contributed by atoms with Crippen molar-refractivity contribution < 1.29 is 14.3 Å². The zero-order chi connectivity index (χ0) is 11.7. The number of amides is 2. The maximum atomic E-state index is 11.6. The van der Waals surface area contributed by atoms with Crippen LogP contribution in [0.15, 0.2) is 18.2 Å². The zero-order valence-electron chi connectivity index (χ0n) is 8.47. The Morgan fingerprint density at radius 1 is 1.50 bits per heavy atom. The molecule has 2 amide bonds. The predicted molar refractivity (Wildman–Crippen MR) is 57.9 cm³/mol. The van der Waals surface area contributed by atoms with Gasteiger partial charge in [-0.25, -0.2) is 4.90 Å². The van der Waals surface area contributed by atoms with Gasteiger partial charge in [0.15, 0.2) is 6.61 Å². The molecule has 16 heavy (non-hydrogen) atoms. The molecule has 6 nitrogen and oxygen atoms in total. The first-order chi connectivity index (χ1) is 7.63. The molecule has 1 aliphatic rings. The lowest BCUT2D eigenvalue weighted by atomic mass is 10.2. The minimum Gasteiger partial charge on any atom is -0.482 e. The summed E-state index contributed by atoms with van der Waals surface area (Å²) in [6.45, 7) is -0.400. The molecule has 0 radical (unpaired) electrons. The molecule has 2 rings (SSSR count). The quantitative estimate of drug-likeness (QED) is 0.622. The van der Waals surface area contributed by atoms with Crippen molar-refractivity contribution in [3.8, 4) is 5.75 Å². The normalized spacial score (nSPS) is 14.3. The molecule has 0 aliphatic carbocycles. The van der Waals surface area contributed by atoms with Crippen LogP contribution in [0.5, 0.6) is 5.75 Å². The van der Waals surface area contributed by atoms with Gasteiger partial charge >= 0.3 is 0 Å². The summed E-state index contributed by atoms with van der Waals surface area (Å²) in [6, 6.07) is 4.77. The molecule has 0 unspecified atom stereocenters. The van der Waals surface area contributed by atoms with E-state index in [9.17, 15) is 9.59 Å². The van der Waals surface area contributed by atoms with Crippen LogP contribution in [0.1, 0.15) is 0 Å². The fraction of sp³-hybridized carbons (Fsp3) is 0.200. The molecule has 1 heterocycles. The number of nitrogens with two attached hydrogens (primary N) is 2. The number of carbonyl (C=O) groups excluding carboxylic acids is 2. The summed E-state index contributed by atoms with van der Waals surface area (Å²) >= 11 is 0. The Labute approximate surface area is 91.8 Å². The molecule has 1 aliphatic heterocycles. The van der Waals surface area contributed by atoms with E-state index < -0.39 is 11.8 Å². The number of carbonyl (C=O) groups is 2. The van der Waals surface area contributed by atoms with E-state index >= 15 is 0 Å². The van der Waals surface area contributed by atoms with Crippen molar-refractivity contribution in [1.82, 2.24) is 0 Å². The summed E-state index contributed by atoms with van der Waals surface area (Å²) in [6.07, 6.45) is 0. The number of nitrogens with zero attached hydrogens (tertiary/aromatic N) is 1. The third kappa shape index (κ3) is 1.59. The fourth-order valence-corrected chi connectivity index (χ4v) is 1.53. The van der Waals surface area contributed by atoms with Gasteiger partial charge in [0, 0.05) is 5.69 Å². The fourth-order valence-electron chi connectivity index (χ4n) is 1.53. The van der Waals surface area contributed by atoms with Crippen LogP contribution in [-0.2, 0) is 9.59 Å². The van der Waals surface area contributed by atoms with Gasteiger partial charge in [0.25, 0.3) is 5.91 Å². The predicted octanol–water partition coefficient (Wildman–Crippen LogP) is -0.520. The van der Waals surface area contributed by atoms with Gasteiger partial charge in [0.05, 0.1) is 12.2 Å². The van der Waals surface area contributed by atoms with E-state index in [1.54, 1.807) is 12.1 Å². The Morgan fingerprint density at radius 3 is 2.94 bits per heavy atom. The molecule has 0 spiro atoms. The Balaban J connectivity index is 2.50. The van der Waals surface area contributed by atoms with E-state index in [1.165, 1.54) is 6.07 Å². The van der Waals surface area contributed by atoms with Gasteiger partial charge in [-0.3, -0.25) is 9.59 Å². The average molecular weight is 221 g/mol. The number of nitrogen functional groups attached to an aromatic ring is 1. The van der Waals surface area contributed by atoms with Crippen molar-refractivity contribution in [2.75, 3.05) is 23.8 Å². The summed E-state index contributed by atoms with van der Waals surface area (Å²) in [5, 5.41) is 0. The van der Waals surface area contributed by atoms with Gasteiger partial charge in [0.1, 0.15) is 5.75 Å². The number of anilines is 2. The van der Waals surface area contributed by atoms with Crippen LogP contribution in [0.25, 0.3) is 0 Å². The van der Waals surface area contributed by atoms with Crippen LogP contribution >= 0.6 is 0 Å². The van der Waals surface area contributed by atoms with Gasteiger partial charge in [-0.1, -0.05) is 0 Å². The van der Waals surface area contributed by atoms with E-state index in [0.29, 0.717) is 17.1 Å². The van der Waals surface area contributed by atoms with Crippen LogP contribution in [0, 0.1) is 0 Å². The van der Waals surface area contributed by atoms with Crippen molar-refractivity contribution in [3.63, 3.8) is 0 Å². The van der Waals surface area contributed by atoms with Crippen molar-refractivity contribution in [3.05, 3.63) is 18.2 Å². The van der Waals surface area contributed by atoms with Crippen molar-refractivity contribution in [2.45, 2.75) is 0 Å². The lowest BCUT2D eigenvalue weighted by Gasteiger charge is -2.27. The van der Waals surface area contributed by atoms with Gasteiger partial charge in [0.2, 0.25) is 5.91 Å². The number of hydrogen-bond acceptors (Lipinski definition) is 5. The molecule has 0 saturated heterocycles. The second kappa shape index (κ2) is 3.82. The molecule has 1 aromatic carbocycles. The second-order valence-electron chi connectivity index (χ2n) is 3.34. The van der Waals surface area contributed by atoms with Crippen LogP contribution in [0.4, 0.5) is 11.4 Å². The zero-order valence-corrected chi connectivity index (χ0v) is 8.47. The SMILES string of the molecule is NCC(=O)N1C(=O)COc2ccc(N)cc21. The van der Waals surface area contributed by atoms with E-state index in [1.807, 2.05) is 0 Å².